The molecule has 0 N–H and O–H groups in total. The Hall–Kier alpha value is -0.195. The Balaban J connectivity index is 2.59. The molecule has 1 unspecified atom stereocenters. The lowest BCUT2D eigenvalue weighted by molar-refractivity contribution is 0.283. The van der Waals surface area contributed by atoms with Gasteiger partial charge >= 0.3 is 0 Å². The van der Waals surface area contributed by atoms with Crippen molar-refractivity contribution in [1.82, 2.24) is 0 Å². The topological polar surface area (TPSA) is 0 Å². The van der Waals surface area contributed by atoms with Crippen LogP contribution in [0, 0.1) is 5.92 Å². The van der Waals surface area contributed by atoms with Gasteiger partial charge in [-0.05, 0) is 38.5 Å². The maximum absolute atomic E-state index is 2.53. The maximum Gasteiger partial charge on any atom is 0.109 e. The van der Waals surface area contributed by atoms with Crippen molar-refractivity contribution >= 4 is 7.85 Å². The molecule has 0 aliphatic heterocycles. The van der Waals surface area contributed by atoms with Gasteiger partial charge in [0.2, 0.25) is 0 Å². The molecule has 0 aromatic carbocycles. The molecule has 0 amide bonds. The van der Waals surface area contributed by atoms with Crippen molar-refractivity contribution in [2.45, 2.75) is 90.3 Å². The van der Waals surface area contributed by atoms with Gasteiger partial charge in [-0.2, -0.15) is 0 Å². The van der Waals surface area contributed by atoms with E-state index in [1.165, 1.54) is 64.2 Å². The van der Waals surface area contributed by atoms with Gasteiger partial charge in [0.1, 0.15) is 7.85 Å². The van der Waals surface area contributed by atoms with Crippen LogP contribution in [-0.2, 0) is 0 Å². The standard InChI is InChI=1S/C17H33B/c1-4-17(18,5-2)16-13-8-6-7-11-15(3)12-9-10-14-16/h11,16H,4-10,12-14,18H2,1-3H3/b15-11+. The molecule has 18 heavy (non-hydrogen) atoms. The first-order valence-electron chi connectivity index (χ1n) is 8.28. The van der Waals surface area contributed by atoms with Gasteiger partial charge in [-0.3, -0.25) is 0 Å². The Morgan fingerprint density at radius 1 is 1.11 bits per heavy atom. The average molecular weight is 248 g/mol. The molecule has 1 aliphatic rings. The summed E-state index contributed by atoms with van der Waals surface area (Å²) in [6.45, 7) is 7.10. The van der Waals surface area contributed by atoms with E-state index in [1.54, 1.807) is 5.57 Å². The van der Waals surface area contributed by atoms with Crippen molar-refractivity contribution in [2.75, 3.05) is 0 Å². The highest BCUT2D eigenvalue weighted by molar-refractivity contribution is 6.15. The van der Waals surface area contributed by atoms with Gasteiger partial charge in [0.05, 0.1) is 0 Å². The van der Waals surface area contributed by atoms with E-state index in [1.807, 2.05) is 0 Å². The van der Waals surface area contributed by atoms with Crippen molar-refractivity contribution < 1.29 is 0 Å². The van der Waals surface area contributed by atoms with E-state index in [4.69, 9.17) is 0 Å². The minimum atomic E-state index is 0.594. The van der Waals surface area contributed by atoms with Crippen LogP contribution in [0.2, 0.25) is 5.31 Å². The average Bonchev–Trinajstić information content (AvgIpc) is 2.43. The molecular formula is C17H33B. The molecule has 1 atom stereocenters. The SMILES string of the molecule is BC(CC)(CC)C1CCCC/C=C(\C)CCCC1. The molecule has 0 aromatic rings. The van der Waals surface area contributed by atoms with Crippen molar-refractivity contribution in [1.29, 1.82) is 0 Å². The molecule has 0 bridgehead atoms. The largest absolute Gasteiger partial charge is 0.109 e. The third-order valence-corrected chi connectivity index (χ3v) is 5.47. The molecule has 0 nitrogen and oxygen atoms in total. The molecule has 0 radical (unpaired) electrons. The molecule has 104 valence electrons. The van der Waals surface area contributed by atoms with Gasteiger partial charge < -0.3 is 0 Å². The van der Waals surface area contributed by atoms with Gasteiger partial charge in [0.25, 0.3) is 0 Å². The summed E-state index contributed by atoms with van der Waals surface area (Å²) in [5, 5.41) is 0.594. The van der Waals surface area contributed by atoms with Crippen LogP contribution in [0.15, 0.2) is 11.6 Å². The van der Waals surface area contributed by atoms with E-state index in [9.17, 15) is 0 Å². The molecule has 1 aliphatic carbocycles. The predicted molar refractivity (Wildman–Crippen MR) is 86.0 cm³/mol. The van der Waals surface area contributed by atoms with E-state index >= 15 is 0 Å². The highest BCUT2D eigenvalue weighted by Crippen LogP contribution is 2.45. The Labute approximate surface area is 116 Å². The fourth-order valence-corrected chi connectivity index (χ4v) is 3.45. The minimum absolute atomic E-state index is 0.594. The lowest BCUT2D eigenvalue weighted by Crippen LogP contribution is -2.23. The van der Waals surface area contributed by atoms with Gasteiger partial charge in [-0.1, -0.05) is 69.3 Å². The zero-order chi connectivity index (χ0) is 13.4. The fraction of sp³-hybridized carbons (Fsp3) is 0.882. The van der Waals surface area contributed by atoms with Crippen LogP contribution in [0.3, 0.4) is 0 Å². The van der Waals surface area contributed by atoms with Crippen LogP contribution in [-0.4, -0.2) is 7.85 Å². The summed E-state index contributed by atoms with van der Waals surface area (Å²) in [6, 6.07) is 0. The van der Waals surface area contributed by atoms with E-state index in [-0.39, 0.29) is 0 Å². The fourth-order valence-electron chi connectivity index (χ4n) is 3.45. The minimum Gasteiger partial charge on any atom is -0.0856 e. The maximum atomic E-state index is 2.53. The molecular weight excluding hydrogens is 215 g/mol. The summed E-state index contributed by atoms with van der Waals surface area (Å²) >= 11 is 0. The number of rotatable bonds is 3. The normalized spacial score (nSPS) is 27.1. The van der Waals surface area contributed by atoms with Crippen LogP contribution in [0.5, 0.6) is 0 Å². The summed E-state index contributed by atoms with van der Waals surface area (Å²) in [5.41, 5.74) is 1.63. The molecule has 0 heterocycles. The Morgan fingerprint density at radius 2 is 1.72 bits per heavy atom. The van der Waals surface area contributed by atoms with Crippen LogP contribution < -0.4 is 0 Å². The Kier molecular flexibility index (Phi) is 7.11. The van der Waals surface area contributed by atoms with E-state index in [0.29, 0.717) is 5.31 Å². The van der Waals surface area contributed by atoms with Gasteiger partial charge in [-0.15, -0.1) is 0 Å². The lowest BCUT2D eigenvalue weighted by atomic mass is 9.55. The summed E-state index contributed by atoms with van der Waals surface area (Å²) in [5.74, 6) is 0.964. The molecule has 0 saturated carbocycles. The van der Waals surface area contributed by atoms with Gasteiger partial charge in [-0.25, -0.2) is 0 Å². The van der Waals surface area contributed by atoms with Crippen molar-refractivity contribution in [3.05, 3.63) is 11.6 Å². The number of hydrogen-bond donors (Lipinski definition) is 0. The van der Waals surface area contributed by atoms with Crippen LogP contribution in [0.25, 0.3) is 0 Å². The second-order valence-corrected chi connectivity index (χ2v) is 6.64. The molecule has 1 rings (SSSR count). The second kappa shape index (κ2) is 8.07. The van der Waals surface area contributed by atoms with Gasteiger partial charge in [0, 0.05) is 0 Å². The first-order chi connectivity index (χ1) is 8.62. The van der Waals surface area contributed by atoms with E-state index < -0.39 is 0 Å². The van der Waals surface area contributed by atoms with Crippen LogP contribution >= 0.6 is 0 Å². The van der Waals surface area contributed by atoms with Gasteiger partial charge in [0.15, 0.2) is 0 Å². The highest BCUT2D eigenvalue weighted by atomic mass is 14.3. The second-order valence-electron chi connectivity index (χ2n) is 6.64. The summed E-state index contributed by atoms with van der Waals surface area (Å²) < 4.78 is 0. The summed E-state index contributed by atoms with van der Waals surface area (Å²) in [4.78, 5) is 0. The molecule has 0 saturated heterocycles. The summed E-state index contributed by atoms with van der Waals surface area (Å²) in [6.07, 6.45) is 16.4. The van der Waals surface area contributed by atoms with Crippen molar-refractivity contribution in [3.63, 3.8) is 0 Å². The van der Waals surface area contributed by atoms with Crippen LogP contribution in [0.4, 0.5) is 0 Å². The quantitative estimate of drug-likeness (QED) is 0.470. The number of hydrogen-bond acceptors (Lipinski definition) is 0. The summed E-state index contributed by atoms with van der Waals surface area (Å²) in [7, 11) is 2.53. The van der Waals surface area contributed by atoms with Crippen molar-refractivity contribution in [3.8, 4) is 0 Å². The van der Waals surface area contributed by atoms with E-state index in [2.05, 4.69) is 34.7 Å². The first-order valence-corrected chi connectivity index (χ1v) is 8.28. The molecule has 1 heteroatoms. The molecule has 0 fully saturated rings. The van der Waals surface area contributed by atoms with Crippen molar-refractivity contribution in [2.24, 2.45) is 5.92 Å². The zero-order valence-corrected chi connectivity index (χ0v) is 13.2. The Morgan fingerprint density at radius 3 is 2.33 bits per heavy atom. The van der Waals surface area contributed by atoms with E-state index in [0.717, 1.165) is 5.92 Å². The van der Waals surface area contributed by atoms with Crippen LogP contribution in [0.1, 0.15) is 85.0 Å². The zero-order valence-electron chi connectivity index (χ0n) is 13.2. The highest BCUT2D eigenvalue weighted by Gasteiger charge is 2.29. The lowest BCUT2D eigenvalue weighted by Gasteiger charge is -2.37. The third kappa shape index (κ3) is 4.82. The predicted octanol–water partition coefficient (Wildman–Crippen LogP) is 5.30. The third-order valence-electron chi connectivity index (χ3n) is 5.47. The number of allylic oxidation sites excluding steroid dienone is 2. The first kappa shape index (κ1) is 15.9. The monoisotopic (exact) mass is 248 g/mol. The smallest absolute Gasteiger partial charge is 0.0856 e. The molecule has 0 aromatic heterocycles. The Bertz CT molecular complexity index is 250. The molecule has 0 spiro atoms.